The molecule has 0 fully saturated rings. The molecule has 0 saturated carbocycles. The summed E-state index contributed by atoms with van der Waals surface area (Å²) in [6, 6.07) is 0. The maximum Gasteiger partial charge on any atom is 0.226 e. The lowest BCUT2D eigenvalue weighted by Crippen LogP contribution is -2.24. The first-order valence-electron chi connectivity index (χ1n) is 3.32. The first-order chi connectivity index (χ1) is 4.93. The van der Waals surface area contributed by atoms with E-state index in [1.165, 1.54) is 10.9 Å². The minimum absolute atomic E-state index is 0.296. The molecular formula is C7H10BrFN2. The van der Waals surface area contributed by atoms with Crippen LogP contribution in [0.5, 0.6) is 0 Å². The molecule has 2 nitrogen and oxygen atoms in total. The Balaban J connectivity index is 3.15. The molecule has 0 aliphatic carbocycles. The lowest BCUT2D eigenvalue weighted by molar-refractivity contribution is 0.298. The third-order valence-corrected chi connectivity index (χ3v) is 1.84. The van der Waals surface area contributed by atoms with Gasteiger partial charge >= 0.3 is 0 Å². The predicted molar refractivity (Wildman–Crippen MR) is 44.9 cm³/mol. The van der Waals surface area contributed by atoms with E-state index in [2.05, 4.69) is 21.0 Å². The van der Waals surface area contributed by atoms with Gasteiger partial charge in [0.05, 0.1) is 16.2 Å². The average molecular weight is 221 g/mol. The zero-order chi connectivity index (χ0) is 8.65. The summed E-state index contributed by atoms with van der Waals surface area (Å²) in [4.78, 5) is 0. The molecule has 4 heteroatoms. The molecule has 0 N–H and O–H groups in total. The molecule has 0 unspecified atom stereocenters. The molecule has 11 heavy (non-hydrogen) atoms. The summed E-state index contributed by atoms with van der Waals surface area (Å²) in [5, 5.41) is 3.88. The van der Waals surface area contributed by atoms with Gasteiger partial charge in [-0.3, -0.25) is 0 Å². The molecule has 1 aromatic heterocycles. The molecule has 0 saturated heterocycles. The highest BCUT2D eigenvalue weighted by Gasteiger charge is 2.19. The lowest BCUT2D eigenvalue weighted by atomic mass is 10.1. The zero-order valence-electron chi connectivity index (χ0n) is 6.73. The van der Waals surface area contributed by atoms with Crippen LogP contribution in [0, 0.1) is 5.95 Å². The summed E-state index contributed by atoms with van der Waals surface area (Å²) >= 11 is 3.05. The van der Waals surface area contributed by atoms with Crippen LogP contribution in [-0.4, -0.2) is 9.78 Å². The number of rotatable bonds is 0. The Morgan fingerprint density at radius 1 is 1.55 bits per heavy atom. The van der Waals surface area contributed by atoms with Gasteiger partial charge in [0.25, 0.3) is 0 Å². The van der Waals surface area contributed by atoms with Gasteiger partial charge in [0, 0.05) is 0 Å². The van der Waals surface area contributed by atoms with E-state index in [0.717, 1.165) is 0 Å². The molecule has 1 rings (SSSR count). The average Bonchev–Trinajstić information content (AvgIpc) is 2.11. The van der Waals surface area contributed by atoms with Crippen LogP contribution in [0.3, 0.4) is 0 Å². The van der Waals surface area contributed by atoms with E-state index in [9.17, 15) is 4.39 Å². The van der Waals surface area contributed by atoms with Crippen LogP contribution < -0.4 is 0 Å². The van der Waals surface area contributed by atoms with Gasteiger partial charge in [-0.1, -0.05) is 0 Å². The summed E-state index contributed by atoms with van der Waals surface area (Å²) in [5.74, 6) is -0.322. The van der Waals surface area contributed by atoms with Crippen molar-refractivity contribution >= 4 is 15.9 Å². The van der Waals surface area contributed by atoms with E-state index < -0.39 is 0 Å². The van der Waals surface area contributed by atoms with E-state index >= 15 is 0 Å². The highest BCUT2D eigenvalue weighted by molar-refractivity contribution is 9.10. The molecule has 0 radical (unpaired) electrons. The molecular weight excluding hydrogens is 211 g/mol. The molecule has 1 heterocycles. The fourth-order valence-electron chi connectivity index (χ4n) is 0.781. The van der Waals surface area contributed by atoms with E-state index in [0.29, 0.717) is 4.47 Å². The third kappa shape index (κ3) is 1.61. The SMILES string of the molecule is CC(C)(C)n1ncc(Br)c1F. The van der Waals surface area contributed by atoms with Crippen LogP contribution in [-0.2, 0) is 5.54 Å². The number of aromatic nitrogens is 2. The summed E-state index contributed by atoms with van der Waals surface area (Å²) < 4.78 is 14.9. The van der Waals surface area contributed by atoms with Crippen LogP contribution in [0.2, 0.25) is 0 Å². The van der Waals surface area contributed by atoms with Gasteiger partial charge in [0.2, 0.25) is 5.95 Å². The number of nitrogens with zero attached hydrogens (tertiary/aromatic N) is 2. The van der Waals surface area contributed by atoms with Crippen molar-refractivity contribution in [3.05, 3.63) is 16.6 Å². The standard InChI is InChI=1S/C7H10BrFN2/c1-7(2,3)11-6(9)5(8)4-10-11/h4H,1-3H3. The minimum Gasteiger partial charge on any atom is -0.233 e. The quantitative estimate of drug-likeness (QED) is 0.658. The van der Waals surface area contributed by atoms with Crippen molar-refractivity contribution in [1.82, 2.24) is 9.78 Å². The van der Waals surface area contributed by atoms with E-state index in [1.54, 1.807) is 0 Å². The van der Waals surface area contributed by atoms with Crippen molar-refractivity contribution in [3.8, 4) is 0 Å². The maximum atomic E-state index is 13.1. The second-order valence-electron chi connectivity index (χ2n) is 3.37. The Labute approximate surface area is 73.5 Å². The minimum atomic E-state index is -0.322. The van der Waals surface area contributed by atoms with E-state index in [-0.39, 0.29) is 11.5 Å². The van der Waals surface area contributed by atoms with Crippen molar-refractivity contribution in [2.75, 3.05) is 0 Å². The van der Waals surface area contributed by atoms with Crippen molar-refractivity contribution in [2.24, 2.45) is 0 Å². The Kier molecular flexibility index (Phi) is 2.05. The molecule has 0 aliphatic rings. The Bertz CT molecular complexity index is 262. The van der Waals surface area contributed by atoms with Gasteiger partial charge in [-0.15, -0.1) is 0 Å². The molecule has 62 valence electrons. The lowest BCUT2D eigenvalue weighted by Gasteiger charge is -2.19. The van der Waals surface area contributed by atoms with Crippen molar-refractivity contribution in [2.45, 2.75) is 26.3 Å². The topological polar surface area (TPSA) is 17.8 Å². The summed E-state index contributed by atoms with van der Waals surface area (Å²) in [7, 11) is 0. The van der Waals surface area contributed by atoms with Crippen molar-refractivity contribution in [3.63, 3.8) is 0 Å². The Morgan fingerprint density at radius 3 is 2.27 bits per heavy atom. The second-order valence-corrected chi connectivity index (χ2v) is 4.22. The molecule has 0 spiro atoms. The summed E-state index contributed by atoms with van der Waals surface area (Å²) in [6.45, 7) is 5.70. The van der Waals surface area contributed by atoms with Crippen molar-refractivity contribution < 1.29 is 4.39 Å². The van der Waals surface area contributed by atoms with Gasteiger partial charge in [-0.2, -0.15) is 9.49 Å². The first-order valence-corrected chi connectivity index (χ1v) is 4.12. The fraction of sp³-hybridized carbons (Fsp3) is 0.571. The summed E-state index contributed by atoms with van der Waals surface area (Å²) in [5.41, 5.74) is -0.296. The van der Waals surface area contributed by atoms with E-state index in [4.69, 9.17) is 0 Å². The zero-order valence-corrected chi connectivity index (χ0v) is 8.31. The summed E-state index contributed by atoms with van der Waals surface area (Å²) in [6.07, 6.45) is 1.46. The fourth-order valence-corrected chi connectivity index (χ4v) is 1.04. The molecule has 0 aromatic carbocycles. The highest BCUT2D eigenvalue weighted by Crippen LogP contribution is 2.20. The molecule has 0 amide bonds. The van der Waals surface area contributed by atoms with Gasteiger partial charge in [0.1, 0.15) is 0 Å². The normalized spacial score (nSPS) is 12.1. The molecule has 1 aromatic rings. The number of halogens is 2. The van der Waals surface area contributed by atoms with E-state index in [1.807, 2.05) is 20.8 Å². The van der Waals surface area contributed by atoms with Crippen LogP contribution >= 0.6 is 15.9 Å². The van der Waals surface area contributed by atoms with Crippen LogP contribution in [0.4, 0.5) is 4.39 Å². The van der Waals surface area contributed by atoms with Crippen molar-refractivity contribution in [1.29, 1.82) is 0 Å². The van der Waals surface area contributed by atoms with Gasteiger partial charge in [-0.25, -0.2) is 4.68 Å². The van der Waals surface area contributed by atoms with Crippen LogP contribution in [0.15, 0.2) is 10.7 Å². The van der Waals surface area contributed by atoms with Gasteiger partial charge < -0.3 is 0 Å². The third-order valence-electron chi connectivity index (χ3n) is 1.30. The molecule has 0 bridgehead atoms. The first kappa shape index (κ1) is 8.71. The largest absolute Gasteiger partial charge is 0.233 e. The smallest absolute Gasteiger partial charge is 0.226 e. The highest BCUT2D eigenvalue weighted by atomic mass is 79.9. The Hall–Kier alpha value is -0.380. The van der Waals surface area contributed by atoms with Crippen LogP contribution in [0.1, 0.15) is 20.8 Å². The Morgan fingerprint density at radius 2 is 2.09 bits per heavy atom. The number of hydrogen-bond donors (Lipinski definition) is 0. The maximum absolute atomic E-state index is 13.1. The number of hydrogen-bond acceptors (Lipinski definition) is 1. The van der Waals surface area contributed by atoms with Gasteiger partial charge in [-0.05, 0) is 36.7 Å². The molecule has 0 atom stereocenters. The second kappa shape index (κ2) is 2.59. The monoisotopic (exact) mass is 220 g/mol. The molecule has 0 aliphatic heterocycles. The van der Waals surface area contributed by atoms with Gasteiger partial charge in [0.15, 0.2) is 0 Å². The van der Waals surface area contributed by atoms with Crippen LogP contribution in [0.25, 0.3) is 0 Å². The predicted octanol–water partition coefficient (Wildman–Crippen LogP) is 2.54.